The van der Waals surface area contributed by atoms with Crippen LogP contribution in [0.5, 0.6) is 0 Å². The summed E-state index contributed by atoms with van der Waals surface area (Å²) >= 11 is 0. The molecule has 4 heterocycles. The Bertz CT molecular complexity index is 692. The minimum absolute atomic E-state index is 0.0959. The van der Waals surface area contributed by atoms with Gasteiger partial charge in [-0.25, -0.2) is 4.98 Å². The van der Waals surface area contributed by atoms with Crippen LogP contribution in [0, 0.1) is 5.92 Å². The zero-order valence-corrected chi connectivity index (χ0v) is 14.3. The molecule has 0 bridgehead atoms. The molecule has 4 rings (SSSR count). The molecule has 8 nitrogen and oxygen atoms in total. The van der Waals surface area contributed by atoms with Crippen molar-refractivity contribution < 1.29 is 9.53 Å². The summed E-state index contributed by atoms with van der Waals surface area (Å²) in [7, 11) is 0. The number of piperidine rings is 1. The van der Waals surface area contributed by atoms with Gasteiger partial charge < -0.3 is 9.64 Å². The molecule has 25 heavy (non-hydrogen) atoms. The number of hydrogen-bond acceptors (Lipinski definition) is 5. The molecule has 1 N–H and O–H groups in total. The Morgan fingerprint density at radius 3 is 3.00 bits per heavy atom. The normalized spacial score (nSPS) is 22.2. The van der Waals surface area contributed by atoms with E-state index in [-0.39, 0.29) is 5.91 Å². The first-order chi connectivity index (χ1) is 12.3. The fraction of sp³-hybridized carbons (Fsp3) is 0.647. The number of ether oxygens (including phenoxy) is 1. The number of nitrogens with zero attached hydrogens (tertiary/aromatic N) is 5. The minimum Gasteiger partial charge on any atom is -0.381 e. The van der Waals surface area contributed by atoms with Crippen LogP contribution >= 0.6 is 0 Å². The summed E-state index contributed by atoms with van der Waals surface area (Å²) in [5.41, 5.74) is 1.71. The van der Waals surface area contributed by atoms with Gasteiger partial charge in [0.1, 0.15) is 12.7 Å². The SMILES string of the molecule is O=C(c1cn[nH]c1C1CCOCC1)N1CCCC(Cn2cncn2)C1. The second-order valence-corrected chi connectivity index (χ2v) is 6.96. The van der Waals surface area contributed by atoms with E-state index in [1.807, 2.05) is 9.58 Å². The number of amides is 1. The van der Waals surface area contributed by atoms with Crippen molar-refractivity contribution in [1.29, 1.82) is 0 Å². The van der Waals surface area contributed by atoms with Crippen molar-refractivity contribution in [2.45, 2.75) is 38.1 Å². The predicted octanol–water partition coefficient (Wildman–Crippen LogP) is 1.45. The van der Waals surface area contributed by atoms with Crippen LogP contribution in [-0.2, 0) is 11.3 Å². The number of hydrogen-bond donors (Lipinski definition) is 1. The van der Waals surface area contributed by atoms with Crippen LogP contribution in [0.15, 0.2) is 18.9 Å². The summed E-state index contributed by atoms with van der Waals surface area (Å²) in [5, 5.41) is 11.4. The van der Waals surface area contributed by atoms with Crippen molar-refractivity contribution in [3.8, 4) is 0 Å². The largest absolute Gasteiger partial charge is 0.381 e. The second kappa shape index (κ2) is 7.35. The van der Waals surface area contributed by atoms with E-state index in [9.17, 15) is 4.79 Å². The molecule has 0 spiro atoms. The maximum atomic E-state index is 13.1. The molecule has 2 aromatic heterocycles. The fourth-order valence-electron chi connectivity index (χ4n) is 3.92. The van der Waals surface area contributed by atoms with Crippen LogP contribution in [0.3, 0.4) is 0 Å². The summed E-state index contributed by atoms with van der Waals surface area (Å²) in [6.45, 7) is 3.88. The van der Waals surface area contributed by atoms with Gasteiger partial charge in [0.25, 0.3) is 5.91 Å². The van der Waals surface area contributed by atoms with E-state index in [1.54, 1.807) is 18.9 Å². The minimum atomic E-state index is 0.0959. The lowest BCUT2D eigenvalue weighted by atomic mass is 9.92. The van der Waals surface area contributed by atoms with Crippen molar-refractivity contribution in [2.75, 3.05) is 26.3 Å². The molecule has 1 unspecified atom stereocenters. The topological polar surface area (TPSA) is 88.9 Å². The maximum absolute atomic E-state index is 13.1. The van der Waals surface area contributed by atoms with E-state index in [4.69, 9.17) is 4.74 Å². The van der Waals surface area contributed by atoms with E-state index in [1.165, 1.54) is 0 Å². The van der Waals surface area contributed by atoms with Crippen LogP contribution < -0.4 is 0 Å². The van der Waals surface area contributed by atoms with Crippen LogP contribution in [0.4, 0.5) is 0 Å². The lowest BCUT2D eigenvalue weighted by Crippen LogP contribution is -2.41. The zero-order chi connectivity index (χ0) is 17.1. The van der Waals surface area contributed by atoms with Crippen molar-refractivity contribution >= 4 is 5.91 Å². The van der Waals surface area contributed by atoms with Crippen LogP contribution in [0.25, 0.3) is 0 Å². The molecular weight excluding hydrogens is 320 g/mol. The molecular formula is C17H24N6O2. The van der Waals surface area contributed by atoms with Crippen molar-refractivity contribution in [3.05, 3.63) is 30.1 Å². The molecule has 0 aromatic carbocycles. The molecule has 1 atom stereocenters. The van der Waals surface area contributed by atoms with Gasteiger partial charge in [-0.2, -0.15) is 10.2 Å². The highest BCUT2D eigenvalue weighted by Gasteiger charge is 2.29. The highest BCUT2D eigenvalue weighted by atomic mass is 16.5. The highest BCUT2D eigenvalue weighted by molar-refractivity contribution is 5.95. The van der Waals surface area contributed by atoms with Gasteiger partial charge in [-0.1, -0.05) is 0 Å². The Morgan fingerprint density at radius 2 is 2.20 bits per heavy atom. The van der Waals surface area contributed by atoms with Gasteiger partial charge >= 0.3 is 0 Å². The van der Waals surface area contributed by atoms with E-state index >= 15 is 0 Å². The zero-order valence-electron chi connectivity index (χ0n) is 14.3. The number of nitrogens with one attached hydrogen (secondary N) is 1. The van der Waals surface area contributed by atoms with Crippen molar-refractivity contribution in [3.63, 3.8) is 0 Å². The summed E-state index contributed by atoms with van der Waals surface area (Å²) in [4.78, 5) is 19.0. The van der Waals surface area contributed by atoms with Gasteiger partial charge in [0.15, 0.2) is 0 Å². The lowest BCUT2D eigenvalue weighted by Gasteiger charge is -2.33. The van der Waals surface area contributed by atoms with Crippen LogP contribution in [0.2, 0.25) is 0 Å². The van der Waals surface area contributed by atoms with Crippen LogP contribution in [-0.4, -0.2) is 62.1 Å². The third-order valence-corrected chi connectivity index (χ3v) is 5.25. The number of carbonyl (C=O) groups is 1. The maximum Gasteiger partial charge on any atom is 0.257 e. The second-order valence-electron chi connectivity index (χ2n) is 6.96. The monoisotopic (exact) mass is 344 g/mol. The smallest absolute Gasteiger partial charge is 0.257 e. The Balaban J connectivity index is 1.44. The van der Waals surface area contributed by atoms with Crippen molar-refractivity contribution in [1.82, 2.24) is 29.9 Å². The highest BCUT2D eigenvalue weighted by Crippen LogP contribution is 2.29. The molecule has 1 amide bonds. The summed E-state index contributed by atoms with van der Waals surface area (Å²) in [6, 6.07) is 0. The van der Waals surface area contributed by atoms with E-state index < -0.39 is 0 Å². The number of aromatic amines is 1. The third-order valence-electron chi connectivity index (χ3n) is 5.25. The van der Waals surface area contributed by atoms with Gasteiger partial charge in [-0.15, -0.1) is 0 Å². The first kappa shape index (κ1) is 16.3. The summed E-state index contributed by atoms with van der Waals surface area (Å²) in [5.74, 6) is 0.849. The molecule has 0 radical (unpaired) electrons. The van der Waals surface area contributed by atoms with Gasteiger partial charge in [0, 0.05) is 38.8 Å². The first-order valence-electron chi connectivity index (χ1n) is 9.04. The predicted molar refractivity (Wildman–Crippen MR) is 90.0 cm³/mol. The molecule has 2 aromatic rings. The number of aromatic nitrogens is 5. The molecule has 8 heteroatoms. The summed E-state index contributed by atoms with van der Waals surface area (Å²) < 4.78 is 7.29. The number of likely N-dealkylation sites (tertiary alicyclic amines) is 1. The van der Waals surface area contributed by atoms with E-state index in [0.29, 0.717) is 11.8 Å². The van der Waals surface area contributed by atoms with E-state index in [0.717, 1.165) is 69.8 Å². The quantitative estimate of drug-likeness (QED) is 0.907. The molecule has 2 aliphatic heterocycles. The van der Waals surface area contributed by atoms with E-state index in [2.05, 4.69) is 20.3 Å². The van der Waals surface area contributed by atoms with Crippen molar-refractivity contribution in [2.24, 2.45) is 5.92 Å². The number of carbonyl (C=O) groups excluding carboxylic acids is 1. The third kappa shape index (κ3) is 3.58. The first-order valence-corrected chi connectivity index (χ1v) is 9.04. The Labute approximate surface area is 146 Å². The number of rotatable bonds is 4. The average molecular weight is 344 g/mol. The molecule has 2 fully saturated rings. The fourth-order valence-corrected chi connectivity index (χ4v) is 3.92. The Kier molecular flexibility index (Phi) is 4.78. The van der Waals surface area contributed by atoms with Gasteiger partial charge in [-0.3, -0.25) is 14.6 Å². The number of H-pyrrole nitrogens is 1. The molecule has 134 valence electrons. The molecule has 0 aliphatic carbocycles. The standard InChI is InChI=1S/C17H24N6O2/c24-17(15-8-19-21-16(15)14-3-6-25-7-4-14)22-5-1-2-13(9-22)10-23-12-18-11-20-23/h8,11-14H,1-7,9-10H2,(H,19,21). The molecule has 2 aliphatic rings. The lowest BCUT2D eigenvalue weighted by molar-refractivity contribution is 0.0650. The van der Waals surface area contributed by atoms with Gasteiger partial charge in [0.2, 0.25) is 0 Å². The Morgan fingerprint density at radius 1 is 1.32 bits per heavy atom. The molecule has 0 saturated carbocycles. The van der Waals surface area contributed by atoms with Gasteiger partial charge in [0.05, 0.1) is 17.5 Å². The molecule has 2 saturated heterocycles. The summed E-state index contributed by atoms with van der Waals surface area (Å²) in [6.07, 6.45) is 9.00. The average Bonchev–Trinajstić information content (AvgIpc) is 3.34. The van der Waals surface area contributed by atoms with Gasteiger partial charge in [-0.05, 0) is 31.6 Å². The Hall–Kier alpha value is -2.22. The van der Waals surface area contributed by atoms with Crippen LogP contribution in [0.1, 0.15) is 47.7 Å².